The molecule has 1 aliphatic heterocycles. The monoisotopic (exact) mass is 391 g/mol. The molecule has 0 N–H and O–H groups in total. The first kappa shape index (κ1) is 19.7. The van der Waals surface area contributed by atoms with Crippen molar-refractivity contribution in [3.8, 4) is 17.1 Å². The van der Waals surface area contributed by atoms with Gasteiger partial charge in [-0.25, -0.2) is 0 Å². The summed E-state index contributed by atoms with van der Waals surface area (Å²) in [6.07, 6.45) is 1.77. The summed E-state index contributed by atoms with van der Waals surface area (Å²) >= 11 is 0. The van der Waals surface area contributed by atoms with E-state index in [1.54, 1.807) is 13.3 Å². The first-order valence-electron chi connectivity index (χ1n) is 9.77. The number of hydrogen-bond acceptors (Lipinski definition) is 5. The van der Waals surface area contributed by atoms with Crippen LogP contribution in [0.2, 0.25) is 0 Å². The molecule has 6 nitrogen and oxygen atoms in total. The van der Waals surface area contributed by atoms with Crippen LogP contribution in [0.3, 0.4) is 0 Å². The number of methoxy groups -OCH3 is 1. The number of rotatable bonds is 5. The normalized spacial score (nSPS) is 17.5. The van der Waals surface area contributed by atoms with Crippen LogP contribution < -0.4 is 10.3 Å². The molecular weight excluding hydrogens is 365 g/mol. The Kier molecular flexibility index (Phi) is 4.96. The second-order valence-corrected chi connectivity index (χ2v) is 8.26. The van der Waals surface area contributed by atoms with Crippen molar-refractivity contribution in [3.63, 3.8) is 0 Å². The average molecular weight is 391 g/mol. The molecule has 3 aromatic rings. The second-order valence-electron chi connectivity index (χ2n) is 8.26. The summed E-state index contributed by atoms with van der Waals surface area (Å²) in [7, 11) is 1.17. The molecule has 0 amide bonds. The smallest absolute Gasteiger partial charge is 0.497 e. The van der Waals surface area contributed by atoms with Crippen molar-refractivity contribution in [1.29, 1.82) is 0 Å². The Balaban J connectivity index is 1.71. The van der Waals surface area contributed by atoms with Gasteiger partial charge in [0, 0.05) is 6.20 Å². The third-order valence-electron chi connectivity index (χ3n) is 5.72. The van der Waals surface area contributed by atoms with Gasteiger partial charge in [-0.2, -0.15) is 5.10 Å². The van der Waals surface area contributed by atoms with Crippen LogP contribution in [-0.2, 0) is 15.9 Å². The average Bonchev–Trinajstić information content (AvgIpc) is 3.21. The van der Waals surface area contributed by atoms with Gasteiger partial charge < -0.3 is 14.0 Å². The molecular formula is C22H26BN3O3. The molecule has 3 heterocycles. The lowest BCUT2D eigenvalue weighted by Gasteiger charge is -2.32. The van der Waals surface area contributed by atoms with E-state index in [0.717, 1.165) is 28.3 Å². The van der Waals surface area contributed by atoms with Crippen molar-refractivity contribution in [2.24, 2.45) is 0 Å². The highest BCUT2D eigenvalue weighted by Gasteiger charge is 2.53. The van der Waals surface area contributed by atoms with Crippen molar-refractivity contribution in [3.05, 3.63) is 60.3 Å². The Morgan fingerprint density at radius 2 is 1.66 bits per heavy atom. The number of pyridine rings is 1. The van der Waals surface area contributed by atoms with E-state index in [1.807, 2.05) is 53.2 Å². The number of nitrogens with zero attached hydrogens (tertiary/aromatic N) is 3. The van der Waals surface area contributed by atoms with E-state index in [2.05, 4.69) is 32.7 Å². The van der Waals surface area contributed by atoms with E-state index in [-0.39, 0.29) is 0 Å². The highest BCUT2D eigenvalue weighted by atomic mass is 16.7. The number of aromatic nitrogens is 3. The summed E-state index contributed by atoms with van der Waals surface area (Å²) < 4.78 is 19.8. The van der Waals surface area contributed by atoms with Gasteiger partial charge in [0.25, 0.3) is 0 Å². The maximum absolute atomic E-state index is 6.29. The first-order valence-corrected chi connectivity index (χ1v) is 9.77. The molecule has 150 valence electrons. The van der Waals surface area contributed by atoms with Crippen LogP contribution in [0.5, 0.6) is 5.75 Å². The van der Waals surface area contributed by atoms with E-state index in [9.17, 15) is 0 Å². The lowest BCUT2D eigenvalue weighted by atomic mass is 9.84. The van der Waals surface area contributed by atoms with Crippen molar-refractivity contribution in [1.82, 2.24) is 14.8 Å². The molecule has 1 saturated heterocycles. The summed E-state index contributed by atoms with van der Waals surface area (Å²) in [5.74, 6) is 0.828. The second kappa shape index (κ2) is 7.32. The Labute approximate surface area is 172 Å². The minimum Gasteiger partial charge on any atom is -0.497 e. The minimum atomic E-state index is -0.497. The van der Waals surface area contributed by atoms with Crippen LogP contribution in [0.25, 0.3) is 11.4 Å². The van der Waals surface area contributed by atoms with Crippen molar-refractivity contribution in [2.45, 2.75) is 45.4 Å². The minimum absolute atomic E-state index is 0.419. The van der Waals surface area contributed by atoms with Gasteiger partial charge in [0.15, 0.2) is 0 Å². The predicted molar refractivity (Wildman–Crippen MR) is 113 cm³/mol. The fraction of sp³-hybridized carbons (Fsp3) is 0.364. The van der Waals surface area contributed by atoms with Crippen molar-refractivity contribution in [2.75, 3.05) is 7.11 Å². The summed E-state index contributed by atoms with van der Waals surface area (Å²) in [6.45, 7) is 8.80. The summed E-state index contributed by atoms with van der Waals surface area (Å²) in [4.78, 5) is 4.44. The molecule has 0 saturated carbocycles. The Hall–Kier alpha value is -2.64. The van der Waals surface area contributed by atoms with Gasteiger partial charge in [0.1, 0.15) is 11.4 Å². The molecule has 29 heavy (non-hydrogen) atoms. The summed E-state index contributed by atoms with van der Waals surface area (Å²) in [5.41, 5.74) is 2.76. The topological polar surface area (TPSA) is 58.4 Å². The molecule has 7 heteroatoms. The maximum Gasteiger partial charge on any atom is 0.514 e. The van der Waals surface area contributed by atoms with Gasteiger partial charge in [-0.15, -0.1) is 0 Å². The van der Waals surface area contributed by atoms with Crippen LogP contribution in [-0.4, -0.2) is 40.2 Å². The molecule has 2 aromatic heterocycles. The SMILES string of the molecule is COc1ccc(Cn2nc(-c3ccccn3)cc2B2OC(C)(C)C(C)(C)O2)cc1. The van der Waals surface area contributed by atoms with Crippen molar-refractivity contribution < 1.29 is 14.0 Å². The van der Waals surface area contributed by atoms with Crippen LogP contribution in [0.1, 0.15) is 33.3 Å². The van der Waals surface area contributed by atoms with E-state index in [4.69, 9.17) is 19.1 Å². The lowest BCUT2D eigenvalue weighted by molar-refractivity contribution is 0.00578. The van der Waals surface area contributed by atoms with Crippen LogP contribution >= 0.6 is 0 Å². The van der Waals surface area contributed by atoms with Gasteiger partial charge in [-0.05, 0) is 63.6 Å². The molecule has 4 rings (SSSR count). The quantitative estimate of drug-likeness (QED) is 0.625. The van der Waals surface area contributed by atoms with Crippen LogP contribution in [0, 0.1) is 0 Å². The molecule has 0 bridgehead atoms. The molecule has 1 aliphatic rings. The molecule has 0 unspecified atom stereocenters. The Morgan fingerprint density at radius 1 is 0.966 bits per heavy atom. The van der Waals surface area contributed by atoms with Crippen LogP contribution in [0.4, 0.5) is 0 Å². The molecule has 0 atom stereocenters. The Morgan fingerprint density at radius 3 is 2.24 bits per heavy atom. The van der Waals surface area contributed by atoms with Gasteiger partial charge in [-0.1, -0.05) is 18.2 Å². The fourth-order valence-corrected chi connectivity index (χ4v) is 3.25. The fourth-order valence-electron chi connectivity index (χ4n) is 3.25. The highest BCUT2D eigenvalue weighted by molar-refractivity contribution is 6.61. The highest BCUT2D eigenvalue weighted by Crippen LogP contribution is 2.36. The lowest BCUT2D eigenvalue weighted by Crippen LogP contribution is -2.41. The van der Waals surface area contributed by atoms with E-state index < -0.39 is 18.3 Å². The van der Waals surface area contributed by atoms with Gasteiger partial charge >= 0.3 is 7.12 Å². The number of hydrogen-bond donors (Lipinski definition) is 0. The number of benzene rings is 1. The van der Waals surface area contributed by atoms with Crippen LogP contribution in [0.15, 0.2) is 54.7 Å². The van der Waals surface area contributed by atoms with E-state index in [1.165, 1.54) is 0 Å². The van der Waals surface area contributed by atoms with Gasteiger partial charge in [-0.3, -0.25) is 9.67 Å². The summed E-state index contributed by atoms with van der Waals surface area (Å²) in [6, 6.07) is 15.8. The molecule has 0 aliphatic carbocycles. The zero-order valence-corrected chi connectivity index (χ0v) is 17.5. The number of ether oxygens (including phenoxy) is 1. The van der Waals surface area contributed by atoms with E-state index in [0.29, 0.717) is 6.54 Å². The van der Waals surface area contributed by atoms with Gasteiger partial charge in [0.05, 0.1) is 36.1 Å². The zero-order chi connectivity index (χ0) is 20.6. The molecule has 0 spiro atoms. The standard InChI is InChI=1S/C22H26BN3O3/c1-21(2)22(3,4)29-23(28-21)20-14-19(18-8-6-7-13-24-18)25-26(20)15-16-9-11-17(27-5)12-10-16/h6-14H,15H2,1-5H3. The van der Waals surface area contributed by atoms with E-state index >= 15 is 0 Å². The first-order chi connectivity index (χ1) is 13.8. The summed E-state index contributed by atoms with van der Waals surface area (Å²) in [5, 5.41) is 4.82. The largest absolute Gasteiger partial charge is 0.514 e. The molecule has 0 radical (unpaired) electrons. The third kappa shape index (κ3) is 3.80. The Bertz CT molecular complexity index is 968. The maximum atomic E-state index is 6.29. The van der Waals surface area contributed by atoms with Crippen molar-refractivity contribution >= 4 is 12.7 Å². The molecule has 1 fully saturated rings. The van der Waals surface area contributed by atoms with Gasteiger partial charge in [0.2, 0.25) is 0 Å². The molecule has 1 aromatic carbocycles. The predicted octanol–water partition coefficient (Wildman–Crippen LogP) is 3.30. The zero-order valence-electron chi connectivity index (χ0n) is 17.5. The third-order valence-corrected chi connectivity index (χ3v) is 5.72.